The number of halogens is 1. The Labute approximate surface area is 211 Å². The van der Waals surface area contributed by atoms with E-state index in [1.165, 1.54) is 24.8 Å². The van der Waals surface area contributed by atoms with E-state index < -0.39 is 0 Å². The quantitative estimate of drug-likeness (QED) is 0.270. The molecular weight excluding hydrogens is 513 g/mol. The molecule has 1 aliphatic carbocycles. The average molecular weight is 556 g/mol. The number of carbonyl (C=O) groups is 1. The zero-order valence-electron chi connectivity index (χ0n) is 20.2. The van der Waals surface area contributed by atoms with Gasteiger partial charge in [0.05, 0.1) is 0 Å². The van der Waals surface area contributed by atoms with Crippen molar-refractivity contribution in [1.82, 2.24) is 20.9 Å². The first-order valence-electron chi connectivity index (χ1n) is 12.0. The Morgan fingerprint density at radius 2 is 1.84 bits per heavy atom. The summed E-state index contributed by atoms with van der Waals surface area (Å²) in [6.45, 7) is 8.98. The third-order valence-corrected chi connectivity index (χ3v) is 6.62. The topological polar surface area (TPSA) is 68.8 Å². The van der Waals surface area contributed by atoms with Crippen LogP contribution < -0.4 is 16.0 Å². The highest BCUT2D eigenvalue weighted by Gasteiger charge is 2.32. The van der Waals surface area contributed by atoms with Crippen LogP contribution in [0.15, 0.2) is 35.3 Å². The highest BCUT2D eigenvalue weighted by atomic mass is 127. The van der Waals surface area contributed by atoms with Gasteiger partial charge in [-0.15, -0.1) is 24.0 Å². The van der Waals surface area contributed by atoms with Gasteiger partial charge in [-0.05, 0) is 45.6 Å². The molecule has 1 aromatic rings. The van der Waals surface area contributed by atoms with Crippen molar-refractivity contribution in [3.63, 3.8) is 0 Å². The number of nitrogens with zero attached hydrogens (tertiary/aromatic N) is 2. The van der Waals surface area contributed by atoms with E-state index in [2.05, 4.69) is 70.9 Å². The molecular formula is C25H42IN5O. The lowest BCUT2D eigenvalue weighted by Crippen LogP contribution is -2.53. The fraction of sp³-hybridized carbons (Fsp3) is 0.680. The molecule has 2 atom stereocenters. The van der Waals surface area contributed by atoms with E-state index in [1.54, 1.807) is 0 Å². The maximum Gasteiger partial charge on any atom is 0.225 e. The predicted octanol–water partition coefficient (Wildman–Crippen LogP) is 4.08. The number of amides is 1. The van der Waals surface area contributed by atoms with E-state index in [4.69, 9.17) is 0 Å². The van der Waals surface area contributed by atoms with Gasteiger partial charge in [-0.1, -0.05) is 49.6 Å². The molecule has 1 heterocycles. The van der Waals surface area contributed by atoms with Gasteiger partial charge in [0.15, 0.2) is 5.96 Å². The van der Waals surface area contributed by atoms with E-state index in [1.807, 2.05) is 13.1 Å². The Morgan fingerprint density at radius 1 is 1.16 bits per heavy atom. The number of hydrogen-bond acceptors (Lipinski definition) is 3. The first-order valence-corrected chi connectivity index (χ1v) is 12.0. The molecule has 3 rings (SSSR count). The van der Waals surface area contributed by atoms with Crippen molar-refractivity contribution in [2.75, 3.05) is 26.7 Å². The number of nitrogens with one attached hydrogen (secondary N) is 3. The van der Waals surface area contributed by atoms with Gasteiger partial charge in [0.2, 0.25) is 5.91 Å². The van der Waals surface area contributed by atoms with Gasteiger partial charge in [0, 0.05) is 50.2 Å². The number of carbonyl (C=O) groups excluding carboxylic acids is 1. The van der Waals surface area contributed by atoms with Crippen molar-refractivity contribution < 1.29 is 4.79 Å². The second-order valence-corrected chi connectivity index (χ2v) is 9.84. The number of guanidine groups is 1. The molecule has 1 aromatic carbocycles. The summed E-state index contributed by atoms with van der Waals surface area (Å²) in [6, 6.07) is 11.0. The minimum Gasteiger partial charge on any atom is -0.355 e. The van der Waals surface area contributed by atoms with Gasteiger partial charge < -0.3 is 20.9 Å². The van der Waals surface area contributed by atoms with Crippen LogP contribution in [0.1, 0.15) is 70.9 Å². The summed E-state index contributed by atoms with van der Waals surface area (Å²) < 4.78 is 0. The standard InChI is InChI=1S/C25H41N5O.HI/c1-19(20-11-7-5-8-12-20)29-25(2,3)18-27-24(26-4)28-22-15-16-30(17-22)23(31)21-13-9-6-10-14-21;/h5,7-8,11-12,19,21-22,29H,6,9-10,13-18H2,1-4H3,(H2,26,27,28);1H. The maximum atomic E-state index is 12.8. The van der Waals surface area contributed by atoms with Crippen molar-refractivity contribution in [3.05, 3.63) is 35.9 Å². The molecule has 180 valence electrons. The van der Waals surface area contributed by atoms with Gasteiger partial charge in [-0.25, -0.2) is 0 Å². The van der Waals surface area contributed by atoms with Crippen LogP contribution in [-0.4, -0.2) is 55.0 Å². The lowest BCUT2D eigenvalue weighted by atomic mass is 9.88. The van der Waals surface area contributed by atoms with E-state index >= 15 is 0 Å². The molecule has 0 aromatic heterocycles. The Kier molecular flexibility index (Phi) is 10.7. The number of likely N-dealkylation sites (tertiary alicyclic amines) is 1. The summed E-state index contributed by atoms with van der Waals surface area (Å²) in [5.74, 6) is 1.43. The summed E-state index contributed by atoms with van der Waals surface area (Å²) in [6.07, 6.45) is 6.81. The van der Waals surface area contributed by atoms with Crippen molar-refractivity contribution in [2.24, 2.45) is 10.9 Å². The van der Waals surface area contributed by atoms with Crippen LogP contribution >= 0.6 is 24.0 Å². The van der Waals surface area contributed by atoms with Crippen LogP contribution in [-0.2, 0) is 4.79 Å². The highest BCUT2D eigenvalue weighted by molar-refractivity contribution is 14.0. The van der Waals surface area contributed by atoms with Crippen LogP contribution in [0.2, 0.25) is 0 Å². The zero-order chi connectivity index (χ0) is 22.3. The molecule has 6 nitrogen and oxygen atoms in total. The molecule has 0 bridgehead atoms. The van der Waals surface area contributed by atoms with Crippen LogP contribution in [0.3, 0.4) is 0 Å². The van der Waals surface area contributed by atoms with E-state index in [0.29, 0.717) is 5.91 Å². The predicted molar refractivity (Wildman–Crippen MR) is 144 cm³/mol. The first-order chi connectivity index (χ1) is 14.9. The summed E-state index contributed by atoms with van der Waals surface area (Å²) in [4.78, 5) is 19.3. The van der Waals surface area contributed by atoms with E-state index in [9.17, 15) is 4.79 Å². The van der Waals surface area contributed by atoms with Crippen LogP contribution in [0.5, 0.6) is 0 Å². The highest BCUT2D eigenvalue weighted by Crippen LogP contribution is 2.26. The molecule has 1 saturated carbocycles. The Morgan fingerprint density at radius 3 is 2.50 bits per heavy atom. The van der Waals surface area contributed by atoms with Crippen molar-refractivity contribution in [1.29, 1.82) is 0 Å². The van der Waals surface area contributed by atoms with Crippen LogP contribution in [0.25, 0.3) is 0 Å². The smallest absolute Gasteiger partial charge is 0.225 e. The molecule has 3 N–H and O–H groups in total. The number of aliphatic imine (C=N–C) groups is 1. The number of rotatable bonds is 7. The lowest BCUT2D eigenvalue weighted by Gasteiger charge is -2.32. The summed E-state index contributed by atoms with van der Waals surface area (Å²) in [5.41, 5.74) is 1.18. The van der Waals surface area contributed by atoms with Crippen molar-refractivity contribution in [3.8, 4) is 0 Å². The molecule has 2 aliphatic rings. The molecule has 32 heavy (non-hydrogen) atoms. The second kappa shape index (κ2) is 12.8. The molecule has 1 amide bonds. The molecule has 1 aliphatic heterocycles. The second-order valence-electron chi connectivity index (χ2n) is 9.84. The largest absolute Gasteiger partial charge is 0.355 e. The lowest BCUT2D eigenvalue weighted by molar-refractivity contribution is -0.135. The zero-order valence-corrected chi connectivity index (χ0v) is 22.5. The summed E-state index contributed by atoms with van der Waals surface area (Å²) in [7, 11) is 1.81. The first kappa shape index (κ1) is 26.9. The summed E-state index contributed by atoms with van der Waals surface area (Å²) >= 11 is 0. The van der Waals surface area contributed by atoms with Crippen LogP contribution in [0, 0.1) is 5.92 Å². The Hall–Kier alpha value is -1.35. The SMILES string of the molecule is CN=C(NCC(C)(C)NC(C)c1ccccc1)NC1CCN(C(=O)C2CCCCC2)C1.I. The molecule has 0 radical (unpaired) electrons. The van der Waals surface area contributed by atoms with Gasteiger partial charge >= 0.3 is 0 Å². The summed E-state index contributed by atoms with van der Waals surface area (Å²) in [5, 5.41) is 10.7. The third kappa shape index (κ3) is 7.90. The van der Waals surface area contributed by atoms with Crippen LogP contribution in [0.4, 0.5) is 0 Å². The van der Waals surface area contributed by atoms with Gasteiger partial charge in [0.25, 0.3) is 0 Å². The average Bonchev–Trinajstić information content (AvgIpc) is 3.25. The van der Waals surface area contributed by atoms with E-state index in [-0.39, 0.29) is 47.5 Å². The molecule has 2 fully saturated rings. The molecule has 0 spiro atoms. The minimum absolute atomic E-state index is 0. The van der Waals surface area contributed by atoms with E-state index in [0.717, 1.165) is 44.9 Å². The van der Waals surface area contributed by atoms with Gasteiger partial charge in [-0.2, -0.15) is 0 Å². The number of benzene rings is 1. The Bertz CT molecular complexity index is 733. The van der Waals surface area contributed by atoms with Gasteiger partial charge in [-0.3, -0.25) is 9.79 Å². The third-order valence-electron chi connectivity index (χ3n) is 6.62. The maximum absolute atomic E-state index is 12.8. The molecule has 7 heteroatoms. The number of hydrogen-bond donors (Lipinski definition) is 3. The molecule has 1 saturated heterocycles. The monoisotopic (exact) mass is 555 g/mol. The normalized spacial score (nSPS) is 21.1. The molecule has 2 unspecified atom stereocenters. The van der Waals surface area contributed by atoms with Gasteiger partial charge in [0.1, 0.15) is 0 Å². The minimum atomic E-state index is -0.106. The fourth-order valence-corrected chi connectivity index (χ4v) is 4.84. The fourth-order valence-electron chi connectivity index (χ4n) is 4.84. The Balaban J connectivity index is 0.00000363. The van der Waals surface area contributed by atoms with Crippen molar-refractivity contribution in [2.45, 2.75) is 76.9 Å². The van der Waals surface area contributed by atoms with Crippen molar-refractivity contribution >= 4 is 35.8 Å².